The zero-order valence-corrected chi connectivity index (χ0v) is 19.2. The third-order valence-electron chi connectivity index (χ3n) is 6.96. The molecule has 4 nitrogen and oxygen atoms in total. The summed E-state index contributed by atoms with van der Waals surface area (Å²) in [5.41, 5.74) is 6.12. The number of nitrogens with one attached hydrogen (secondary N) is 1. The first-order valence-electron chi connectivity index (χ1n) is 11.2. The van der Waals surface area contributed by atoms with E-state index in [-0.39, 0.29) is 5.41 Å². The number of piperazine rings is 1. The van der Waals surface area contributed by atoms with E-state index in [1.54, 1.807) is 11.5 Å². The van der Waals surface area contributed by atoms with E-state index in [4.69, 9.17) is 4.37 Å². The topological polar surface area (TPSA) is 31.4 Å². The van der Waals surface area contributed by atoms with Crippen LogP contribution in [0.25, 0.3) is 10.1 Å². The van der Waals surface area contributed by atoms with Gasteiger partial charge in [-0.25, -0.2) is 0 Å². The van der Waals surface area contributed by atoms with Gasteiger partial charge in [-0.05, 0) is 65.5 Å². The summed E-state index contributed by atoms with van der Waals surface area (Å²) >= 11 is 1.62. The van der Waals surface area contributed by atoms with E-state index in [1.165, 1.54) is 44.7 Å². The number of anilines is 2. The predicted molar refractivity (Wildman–Crippen MR) is 129 cm³/mol. The Bertz CT molecular complexity index is 1050. The van der Waals surface area contributed by atoms with Gasteiger partial charge < -0.3 is 10.2 Å². The van der Waals surface area contributed by atoms with Crippen molar-refractivity contribution in [2.24, 2.45) is 0 Å². The predicted octanol–water partition coefficient (Wildman–Crippen LogP) is 5.06. The normalized spacial score (nSPS) is 19.0. The summed E-state index contributed by atoms with van der Waals surface area (Å²) in [5, 5.41) is 5.03. The smallest absolute Gasteiger partial charge is 0.150 e. The van der Waals surface area contributed by atoms with Crippen LogP contribution >= 0.6 is 11.5 Å². The molecule has 0 amide bonds. The molecular weight excluding hydrogens is 388 g/mol. The molecule has 0 saturated carbocycles. The molecule has 2 aliphatic heterocycles. The first kappa shape index (κ1) is 19.8. The molecule has 0 aliphatic carbocycles. The van der Waals surface area contributed by atoms with Crippen LogP contribution in [0.1, 0.15) is 37.0 Å². The van der Waals surface area contributed by atoms with E-state index >= 15 is 0 Å². The lowest BCUT2D eigenvalue weighted by Gasteiger charge is -2.37. The Morgan fingerprint density at radius 1 is 1.07 bits per heavy atom. The van der Waals surface area contributed by atoms with Gasteiger partial charge in [-0.1, -0.05) is 38.1 Å². The van der Waals surface area contributed by atoms with Crippen molar-refractivity contribution in [3.05, 3.63) is 53.1 Å². The maximum atomic E-state index is 4.75. The summed E-state index contributed by atoms with van der Waals surface area (Å²) < 4.78 is 6.03. The Kier molecular flexibility index (Phi) is 5.19. The molecule has 30 heavy (non-hydrogen) atoms. The SMILES string of the molecule is Cc1ccc(CCN2CCN(c3nsc4ccccc34)CC2)c2c1C(C)(C)CCN2. The molecule has 0 unspecified atom stereocenters. The largest absolute Gasteiger partial charge is 0.385 e. The fourth-order valence-electron chi connectivity index (χ4n) is 5.22. The minimum Gasteiger partial charge on any atom is -0.385 e. The average molecular weight is 421 g/mol. The first-order valence-corrected chi connectivity index (χ1v) is 12.0. The molecule has 3 aromatic rings. The third-order valence-corrected chi connectivity index (χ3v) is 7.77. The molecule has 1 N–H and O–H groups in total. The maximum Gasteiger partial charge on any atom is 0.150 e. The fourth-order valence-corrected chi connectivity index (χ4v) is 6.02. The van der Waals surface area contributed by atoms with Crippen molar-refractivity contribution in [1.82, 2.24) is 9.27 Å². The molecule has 1 aromatic heterocycles. The maximum absolute atomic E-state index is 4.75. The van der Waals surface area contributed by atoms with Gasteiger partial charge >= 0.3 is 0 Å². The van der Waals surface area contributed by atoms with Gasteiger partial charge in [-0.15, -0.1) is 0 Å². The molecule has 5 rings (SSSR count). The molecule has 0 bridgehead atoms. The first-order chi connectivity index (χ1) is 14.5. The van der Waals surface area contributed by atoms with Crippen LogP contribution in [0, 0.1) is 6.92 Å². The summed E-state index contributed by atoms with van der Waals surface area (Å²) in [6.07, 6.45) is 2.32. The Morgan fingerprint density at radius 3 is 2.70 bits per heavy atom. The lowest BCUT2D eigenvalue weighted by atomic mass is 9.75. The number of hydrogen-bond acceptors (Lipinski definition) is 5. The van der Waals surface area contributed by atoms with Crippen LogP contribution < -0.4 is 10.2 Å². The summed E-state index contributed by atoms with van der Waals surface area (Å²) in [6, 6.07) is 13.3. The van der Waals surface area contributed by atoms with Crippen LogP contribution in [0.3, 0.4) is 0 Å². The van der Waals surface area contributed by atoms with Gasteiger partial charge in [0, 0.05) is 50.3 Å². The standard InChI is InChI=1S/C25H32N4S/c1-18-8-9-19(23-22(18)25(2,3)11-12-26-23)10-13-28-14-16-29(17-15-28)24-20-6-4-5-7-21(20)30-27-24/h4-9,26H,10-17H2,1-3H3. The number of hydrogen-bond donors (Lipinski definition) is 1. The monoisotopic (exact) mass is 420 g/mol. The highest BCUT2D eigenvalue weighted by Crippen LogP contribution is 2.40. The van der Waals surface area contributed by atoms with Gasteiger partial charge in [0.05, 0.1) is 4.70 Å². The minimum atomic E-state index is 0.266. The lowest BCUT2D eigenvalue weighted by molar-refractivity contribution is 0.261. The quantitative estimate of drug-likeness (QED) is 0.639. The molecule has 5 heteroatoms. The van der Waals surface area contributed by atoms with Crippen LogP contribution in [0.15, 0.2) is 36.4 Å². The van der Waals surface area contributed by atoms with Crippen molar-refractivity contribution in [2.45, 2.75) is 39.0 Å². The Morgan fingerprint density at radius 2 is 1.87 bits per heavy atom. The molecule has 3 heterocycles. The van der Waals surface area contributed by atoms with E-state index in [0.29, 0.717) is 0 Å². The Balaban J connectivity index is 1.24. The van der Waals surface area contributed by atoms with Gasteiger partial charge in [-0.3, -0.25) is 4.90 Å². The summed E-state index contributed by atoms with van der Waals surface area (Å²) in [7, 11) is 0. The van der Waals surface area contributed by atoms with Crippen molar-refractivity contribution < 1.29 is 0 Å². The number of fused-ring (bicyclic) bond motifs is 2. The molecule has 2 aromatic carbocycles. The molecular formula is C25H32N4S. The lowest BCUT2D eigenvalue weighted by Crippen LogP contribution is -2.47. The second-order valence-electron chi connectivity index (χ2n) is 9.43. The molecule has 1 saturated heterocycles. The highest BCUT2D eigenvalue weighted by Gasteiger charge is 2.30. The second kappa shape index (κ2) is 7.86. The van der Waals surface area contributed by atoms with Gasteiger partial charge in [0.25, 0.3) is 0 Å². The number of benzene rings is 2. The molecule has 0 radical (unpaired) electrons. The minimum absolute atomic E-state index is 0.266. The summed E-state index contributed by atoms with van der Waals surface area (Å²) in [6.45, 7) is 13.6. The van der Waals surface area contributed by atoms with Crippen LogP contribution in [-0.2, 0) is 11.8 Å². The van der Waals surface area contributed by atoms with E-state index in [9.17, 15) is 0 Å². The van der Waals surface area contributed by atoms with Gasteiger partial charge in [0.1, 0.15) is 5.82 Å². The summed E-state index contributed by atoms with van der Waals surface area (Å²) in [4.78, 5) is 5.08. The molecule has 1 fully saturated rings. The van der Waals surface area contributed by atoms with Gasteiger partial charge in [0.15, 0.2) is 0 Å². The van der Waals surface area contributed by atoms with E-state index in [0.717, 1.165) is 45.7 Å². The Hall–Kier alpha value is -2.11. The number of aryl methyl sites for hydroxylation is 1. The van der Waals surface area contributed by atoms with Crippen molar-refractivity contribution >= 4 is 33.1 Å². The zero-order chi connectivity index (χ0) is 20.7. The molecule has 2 aliphatic rings. The van der Waals surface area contributed by atoms with Crippen LogP contribution in [0.2, 0.25) is 0 Å². The molecule has 0 atom stereocenters. The number of nitrogens with zero attached hydrogens (tertiary/aromatic N) is 3. The van der Waals surface area contributed by atoms with Gasteiger partial charge in [-0.2, -0.15) is 4.37 Å². The summed E-state index contributed by atoms with van der Waals surface area (Å²) in [5.74, 6) is 1.18. The van der Waals surface area contributed by atoms with Gasteiger partial charge in [0.2, 0.25) is 0 Å². The second-order valence-corrected chi connectivity index (χ2v) is 10.2. The Labute approximate surface area is 184 Å². The van der Waals surface area contributed by atoms with Crippen molar-refractivity contribution in [2.75, 3.05) is 49.5 Å². The fraction of sp³-hybridized carbons (Fsp3) is 0.480. The zero-order valence-electron chi connectivity index (χ0n) is 18.4. The average Bonchev–Trinajstić information content (AvgIpc) is 3.17. The van der Waals surface area contributed by atoms with E-state index < -0.39 is 0 Å². The van der Waals surface area contributed by atoms with Crippen LogP contribution in [0.5, 0.6) is 0 Å². The third kappa shape index (κ3) is 3.58. The van der Waals surface area contributed by atoms with Crippen LogP contribution in [0.4, 0.5) is 11.5 Å². The van der Waals surface area contributed by atoms with Crippen molar-refractivity contribution in [3.63, 3.8) is 0 Å². The van der Waals surface area contributed by atoms with Crippen molar-refractivity contribution in [3.8, 4) is 0 Å². The van der Waals surface area contributed by atoms with E-state index in [1.807, 2.05) is 0 Å². The number of aromatic nitrogens is 1. The van der Waals surface area contributed by atoms with Crippen molar-refractivity contribution in [1.29, 1.82) is 0 Å². The molecule has 0 spiro atoms. The highest BCUT2D eigenvalue weighted by molar-refractivity contribution is 7.13. The molecule has 158 valence electrons. The number of rotatable bonds is 4. The van der Waals surface area contributed by atoms with Crippen LogP contribution in [-0.4, -0.2) is 48.5 Å². The van der Waals surface area contributed by atoms with E-state index in [2.05, 4.69) is 72.3 Å². The highest BCUT2D eigenvalue weighted by atomic mass is 32.1.